The summed E-state index contributed by atoms with van der Waals surface area (Å²) in [6.07, 6.45) is -0.634. The third-order valence-electron chi connectivity index (χ3n) is 3.63. The van der Waals surface area contributed by atoms with Gasteiger partial charge in [-0.3, -0.25) is 4.79 Å². The average Bonchev–Trinajstić information content (AvgIpc) is 2.55. The van der Waals surface area contributed by atoms with Crippen LogP contribution in [-0.4, -0.2) is 19.1 Å². The predicted molar refractivity (Wildman–Crippen MR) is 97.3 cm³/mol. The minimum absolute atomic E-state index is 0.241. The molecule has 0 fully saturated rings. The van der Waals surface area contributed by atoms with Gasteiger partial charge in [-0.15, -0.1) is 0 Å². The maximum atomic E-state index is 12.4. The number of carbonyl (C=O) groups excluding carboxylic acids is 1. The first-order chi connectivity index (χ1) is 11.4. The van der Waals surface area contributed by atoms with Gasteiger partial charge in [-0.25, -0.2) is 0 Å². The number of halogens is 1. The smallest absolute Gasteiger partial charge is 0.265 e. The van der Waals surface area contributed by atoms with E-state index in [4.69, 9.17) is 21.1 Å². The molecule has 1 atom stereocenters. The summed E-state index contributed by atoms with van der Waals surface area (Å²) in [5.74, 6) is 1.36. The van der Waals surface area contributed by atoms with E-state index < -0.39 is 6.10 Å². The Labute approximate surface area is 147 Å². The molecule has 4 nitrogen and oxygen atoms in total. The third-order valence-corrected chi connectivity index (χ3v) is 3.93. The minimum Gasteiger partial charge on any atom is -0.495 e. The molecule has 0 saturated heterocycles. The van der Waals surface area contributed by atoms with Gasteiger partial charge in [0.2, 0.25) is 0 Å². The number of hydrogen-bond acceptors (Lipinski definition) is 3. The van der Waals surface area contributed by atoms with Gasteiger partial charge in [0.1, 0.15) is 11.5 Å². The highest BCUT2D eigenvalue weighted by atomic mass is 35.5. The Morgan fingerprint density at radius 2 is 1.79 bits per heavy atom. The van der Waals surface area contributed by atoms with Gasteiger partial charge < -0.3 is 14.8 Å². The van der Waals surface area contributed by atoms with E-state index in [2.05, 4.69) is 19.2 Å². The highest BCUT2D eigenvalue weighted by Crippen LogP contribution is 2.28. The molecule has 0 aliphatic heterocycles. The average molecular weight is 348 g/mol. The molecular weight excluding hydrogens is 326 g/mol. The molecule has 0 saturated carbocycles. The van der Waals surface area contributed by atoms with E-state index >= 15 is 0 Å². The number of hydrogen-bond donors (Lipinski definition) is 1. The molecule has 0 aliphatic carbocycles. The molecule has 0 radical (unpaired) electrons. The van der Waals surface area contributed by atoms with Crippen LogP contribution in [0.2, 0.25) is 5.02 Å². The molecule has 0 aromatic heterocycles. The first-order valence-corrected chi connectivity index (χ1v) is 8.20. The summed E-state index contributed by atoms with van der Waals surface area (Å²) in [5, 5.41) is 3.24. The maximum absolute atomic E-state index is 12.4. The van der Waals surface area contributed by atoms with Crippen LogP contribution in [0.1, 0.15) is 32.3 Å². The zero-order valence-corrected chi connectivity index (χ0v) is 15.1. The van der Waals surface area contributed by atoms with E-state index in [1.807, 2.05) is 24.3 Å². The Morgan fingerprint density at radius 1 is 1.08 bits per heavy atom. The number of carbonyl (C=O) groups is 1. The fraction of sp³-hybridized carbons (Fsp3) is 0.316. The molecule has 1 N–H and O–H groups in total. The molecule has 0 unspecified atom stereocenters. The monoisotopic (exact) mass is 347 g/mol. The van der Waals surface area contributed by atoms with Gasteiger partial charge in [-0.2, -0.15) is 0 Å². The number of para-hydroxylation sites is 1. The quantitative estimate of drug-likeness (QED) is 0.810. The van der Waals surface area contributed by atoms with Crippen molar-refractivity contribution in [2.24, 2.45) is 0 Å². The number of nitrogens with one attached hydrogen (secondary N) is 1. The standard InChI is InChI=1S/C19H22ClNO3/c1-12(2)15-7-5-6-8-17(15)24-13(3)19(22)21-14-9-10-18(23-4)16(20)11-14/h5-13H,1-4H3,(H,21,22)/t13-/m0/s1. The topological polar surface area (TPSA) is 47.6 Å². The summed E-state index contributed by atoms with van der Waals surface area (Å²) in [6.45, 7) is 5.90. The Balaban J connectivity index is 2.06. The van der Waals surface area contributed by atoms with Gasteiger partial charge in [0.05, 0.1) is 12.1 Å². The molecule has 1 amide bonds. The number of amides is 1. The van der Waals surface area contributed by atoms with Crippen molar-refractivity contribution in [3.8, 4) is 11.5 Å². The van der Waals surface area contributed by atoms with E-state index in [1.165, 1.54) is 0 Å². The Morgan fingerprint density at radius 3 is 2.42 bits per heavy atom. The van der Waals surface area contributed by atoms with Crippen LogP contribution in [0.5, 0.6) is 11.5 Å². The van der Waals surface area contributed by atoms with Crippen molar-refractivity contribution in [1.29, 1.82) is 0 Å². The second-order valence-electron chi connectivity index (χ2n) is 5.79. The number of rotatable bonds is 6. The normalized spacial score (nSPS) is 11.9. The Bertz CT molecular complexity index is 716. The Hall–Kier alpha value is -2.20. The van der Waals surface area contributed by atoms with Crippen molar-refractivity contribution < 1.29 is 14.3 Å². The largest absolute Gasteiger partial charge is 0.495 e. The zero-order chi connectivity index (χ0) is 17.7. The van der Waals surface area contributed by atoms with Gasteiger partial charge in [-0.05, 0) is 42.7 Å². The molecule has 5 heteroatoms. The molecule has 2 rings (SSSR count). The maximum Gasteiger partial charge on any atom is 0.265 e. The van der Waals surface area contributed by atoms with Crippen LogP contribution >= 0.6 is 11.6 Å². The van der Waals surface area contributed by atoms with Crippen LogP contribution in [0.3, 0.4) is 0 Å². The van der Waals surface area contributed by atoms with Gasteiger partial charge in [0.15, 0.2) is 6.10 Å². The van der Waals surface area contributed by atoms with Crippen LogP contribution in [-0.2, 0) is 4.79 Å². The molecule has 2 aromatic rings. The van der Waals surface area contributed by atoms with E-state index in [0.717, 1.165) is 11.3 Å². The molecule has 128 valence electrons. The SMILES string of the molecule is COc1ccc(NC(=O)[C@H](C)Oc2ccccc2C(C)C)cc1Cl. The Kier molecular flexibility index (Phi) is 6.10. The van der Waals surface area contributed by atoms with Crippen LogP contribution in [0.15, 0.2) is 42.5 Å². The second-order valence-corrected chi connectivity index (χ2v) is 6.20. The minimum atomic E-state index is -0.634. The fourth-order valence-corrected chi connectivity index (χ4v) is 2.55. The lowest BCUT2D eigenvalue weighted by molar-refractivity contribution is -0.122. The lowest BCUT2D eigenvalue weighted by Crippen LogP contribution is -2.30. The summed E-state index contributed by atoms with van der Waals surface area (Å²) in [4.78, 5) is 12.4. The fourth-order valence-electron chi connectivity index (χ4n) is 2.30. The summed E-state index contributed by atoms with van der Waals surface area (Å²) >= 11 is 6.07. The van der Waals surface area contributed by atoms with Crippen LogP contribution in [0, 0.1) is 0 Å². The third kappa shape index (κ3) is 4.42. The number of anilines is 1. The van der Waals surface area contributed by atoms with E-state index in [-0.39, 0.29) is 5.91 Å². The second kappa shape index (κ2) is 8.06. The first kappa shape index (κ1) is 18.1. The summed E-state index contributed by atoms with van der Waals surface area (Å²) in [7, 11) is 1.54. The van der Waals surface area contributed by atoms with Crippen molar-refractivity contribution in [3.05, 3.63) is 53.1 Å². The van der Waals surface area contributed by atoms with Gasteiger partial charge in [-0.1, -0.05) is 43.6 Å². The van der Waals surface area contributed by atoms with Gasteiger partial charge >= 0.3 is 0 Å². The van der Waals surface area contributed by atoms with Crippen molar-refractivity contribution in [1.82, 2.24) is 0 Å². The molecule has 0 spiro atoms. The van der Waals surface area contributed by atoms with E-state index in [1.54, 1.807) is 32.2 Å². The van der Waals surface area contributed by atoms with Gasteiger partial charge in [0, 0.05) is 5.69 Å². The van der Waals surface area contributed by atoms with Crippen LogP contribution in [0.25, 0.3) is 0 Å². The predicted octanol–water partition coefficient (Wildman–Crippen LogP) is 4.88. The summed E-state index contributed by atoms with van der Waals surface area (Å²) < 4.78 is 10.9. The number of benzene rings is 2. The van der Waals surface area contributed by atoms with E-state index in [0.29, 0.717) is 22.4 Å². The molecule has 24 heavy (non-hydrogen) atoms. The summed E-state index contributed by atoms with van der Waals surface area (Å²) in [6, 6.07) is 12.8. The van der Waals surface area contributed by atoms with Crippen molar-refractivity contribution in [2.45, 2.75) is 32.8 Å². The number of ether oxygens (including phenoxy) is 2. The zero-order valence-electron chi connectivity index (χ0n) is 14.3. The molecule has 0 bridgehead atoms. The van der Waals surface area contributed by atoms with Crippen molar-refractivity contribution in [2.75, 3.05) is 12.4 Å². The molecule has 2 aromatic carbocycles. The summed E-state index contributed by atoms with van der Waals surface area (Å²) in [5.41, 5.74) is 1.67. The molecular formula is C19H22ClNO3. The highest BCUT2D eigenvalue weighted by molar-refractivity contribution is 6.32. The number of methoxy groups -OCH3 is 1. The molecule has 0 aliphatic rings. The lowest BCUT2D eigenvalue weighted by Gasteiger charge is -2.19. The van der Waals surface area contributed by atoms with Crippen molar-refractivity contribution >= 4 is 23.2 Å². The van der Waals surface area contributed by atoms with Crippen LogP contribution in [0.4, 0.5) is 5.69 Å². The van der Waals surface area contributed by atoms with E-state index in [9.17, 15) is 4.79 Å². The highest BCUT2D eigenvalue weighted by Gasteiger charge is 2.17. The van der Waals surface area contributed by atoms with Crippen LogP contribution < -0.4 is 14.8 Å². The van der Waals surface area contributed by atoms with Gasteiger partial charge in [0.25, 0.3) is 5.91 Å². The molecule has 0 heterocycles. The van der Waals surface area contributed by atoms with Crippen molar-refractivity contribution in [3.63, 3.8) is 0 Å². The first-order valence-electron chi connectivity index (χ1n) is 7.82. The lowest BCUT2D eigenvalue weighted by atomic mass is 10.0.